The first-order valence-corrected chi connectivity index (χ1v) is 3.32. The molecule has 0 saturated carbocycles. The fraction of sp³-hybridized carbons (Fsp3) is 0. The van der Waals surface area contributed by atoms with E-state index in [-0.39, 0.29) is 0 Å². The average molecular weight is 148 g/mol. The third-order valence-electron chi connectivity index (χ3n) is 0.137. The van der Waals surface area contributed by atoms with Gasteiger partial charge in [-0.15, -0.1) is 4.28 Å². The highest BCUT2D eigenvalue weighted by atomic mass is 35.7. The maximum atomic E-state index is 9.55. The molecule has 0 unspecified atom stereocenters. The Kier molecular flexibility index (Phi) is 2.47. The van der Waals surface area contributed by atoms with Crippen LogP contribution in [0.4, 0.5) is 0 Å². The van der Waals surface area contributed by atoms with Gasteiger partial charge in [-0.2, -0.15) is 8.42 Å². The summed E-state index contributed by atoms with van der Waals surface area (Å²) in [4.78, 5) is 0. The lowest BCUT2D eigenvalue weighted by Crippen LogP contribution is -2.10. The van der Waals surface area contributed by atoms with Gasteiger partial charge in [0.15, 0.2) is 0 Å². The summed E-state index contributed by atoms with van der Waals surface area (Å²) >= 11 is 0. The van der Waals surface area contributed by atoms with Crippen molar-refractivity contribution in [2.24, 2.45) is 0 Å². The standard InChI is InChI=1S/ClH2NO4S/c1-7(4,5)6-2-3/h2-3H. The molecule has 7 heteroatoms. The van der Waals surface area contributed by atoms with E-state index in [1.54, 1.807) is 0 Å². The maximum Gasteiger partial charge on any atom is 0.373 e. The predicted molar refractivity (Wildman–Crippen MR) is 20.8 cm³/mol. The molecule has 44 valence electrons. The van der Waals surface area contributed by atoms with Crippen LogP contribution in [-0.2, 0) is 13.6 Å². The largest absolute Gasteiger partial charge is 0.373 e. The van der Waals surface area contributed by atoms with Crippen LogP contribution in [0.2, 0.25) is 0 Å². The van der Waals surface area contributed by atoms with Gasteiger partial charge in [-0.25, -0.2) is 0 Å². The van der Waals surface area contributed by atoms with Crippen LogP contribution in [0.25, 0.3) is 0 Å². The Morgan fingerprint density at radius 3 is 2.14 bits per heavy atom. The fourth-order valence-electron chi connectivity index (χ4n) is 0.0445. The van der Waals surface area contributed by atoms with Crippen LogP contribution >= 0.6 is 10.7 Å². The molecule has 0 spiro atoms. The molecule has 0 aromatic carbocycles. The Bertz CT molecular complexity index is 125. The quantitative estimate of drug-likeness (QED) is 0.402. The van der Waals surface area contributed by atoms with E-state index in [2.05, 4.69) is 15.0 Å². The number of halogens is 1. The van der Waals surface area contributed by atoms with Crippen LogP contribution in [0.1, 0.15) is 0 Å². The Labute approximate surface area is 44.4 Å². The lowest BCUT2D eigenvalue weighted by atomic mass is 13.3. The summed E-state index contributed by atoms with van der Waals surface area (Å²) in [6.07, 6.45) is 0. The van der Waals surface area contributed by atoms with Crippen LogP contribution in [0.5, 0.6) is 0 Å². The van der Waals surface area contributed by atoms with E-state index in [9.17, 15) is 8.42 Å². The van der Waals surface area contributed by atoms with Crippen LogP contribution in [-0.4, -0.2) is 13.6 Å². The molecule has 0 aliphatic rings. The zero-order chi connectivity index (χ0) is 5.91. The zero-order valence-electron chi connectivity index (χ0n) is 2.96. The van der Waals surface area contributed by atoms with E-state index < -0.39 is 9.33 Å². The van der Waals surface area contributed by atoms with Crippen molar-refractivity contribution >= 4 is 20.0 Å². The molecule has 0 fully saturated rings. The topological polar surface area (TPSA) is 75.6 Å². The third kappa shape index (κ3) is 6.12. The molecule has 0 heterocycles. The molecule has 0 atom stereocenters. The third-order valence-corrected chi connectivity index (χ3v) is 0.599. The van der Waals surface area contributed by atoms with Gasteiger partial charge in [0.2, 0.25) is 0 Å². The Morgan fingerprint density at radius 1 is 1.71 bits per heavy atom. The highest BCUT2D eigenvalue weighted by molar-refractivity contribution is 8.09. The minimum atomic E-state index is -4.06. The minimum absolute atomic E-state index is 0.888. The van der Waals surface area contributed by atoms with Crippen molar-refractivity contribution in [2.45, 2.75) is 0 Å². The number of rotatable bonds is 2. The van der Waals surface area contributed by atoms with E-state index in [1.165, 1.54) is 0 Å². The van der Waals surface area contributed by atoms with Crippen molar-refractivity contribution in [3.05, 3.63) is 0 Å². The van der Waals surface area contributed by atoms with Gasteiger partial charge in [0.25, 0.3) is 0 Å². The second kappa shape index (κ2) is 2.43. The summed E-state index contributed by atoms with van der Waals surface area (Å²) in [6, 6.07) is 0. The molecule has 5 nitrogen and oxygen atoms in total. The predicted octanol–water partition coefficient (Wildman–Crippen LogP) is -0.620. The minimum Gasteiger partial charge on any atom is -0.291 e. The van der Waals surface area contributed by atoms with Crippen molar-refractivity contribution < 1.29 is 17.9 Å². The van der Waals surface area contributed by atoms with Crippen LogP contribution in [0, 0.1) is 0 Å². The Balaban J connectivity index is 3.60. The molecular formula is H2ClNO4S. The van der Waals surface area contributed by atoms with Crippen molar-refractivity contribution in [3.8, 4) is 0 Å². The van der Waals surface area contributed by atoms with E-state index in [4.69, 9.17) is 5.21 Å². The molecule has 7 heavy (non-hydrogen) atoms. The first kappa shape index (κ1) is 7.12. The van der Waals surface area contributed by atoms with Gasteiger partial charge in [0.1, 0.15) is 0 Å². The molecule has 0 aromatic rings. The molecular weight excluding hydrogens is 146 g/mol. The van der Waals surface area contributed by atoms with E-state index in [0.29, 0.717) is 0 Å². The lowest BCUT2D eigenvalue weighted by molar-refractivity contribution is -0.0356. The second-order valence-corrected chi connectivity index (χ2v) is 2.65. The van der Waals surface area contributed by atoms with Crippen molar-refractivity contribution in [2.75, 3.05) is 0 Å². The SMILES string of the molecule is O=S(=O)(Cl)ONO. The first-order chi connectivity index (χ1) is 3.06. The highest BCUT2D eigenvalue weighted by Gasteiger charge is 2.00. The molecule has 0 amide bonds. The van der Waals surface area contributed by atoms with Gasteiger partial charge >= 0.3 is 9.33 Å². The summed E-state index contributed by atoms with van der Waals surface area (Å²) in [5.74, 6) is 0. The molecule has 2 N–H and O–H groups in total. The molecule has 0 bridgehead atoms. The van der Waals surface area contributed by atoms with E-state index >= 15 is 0 Å². The summed E-state index contributed by atoms with van der Waals surface area (Å²) in [7, 11) is 0.298. The van der Waals surface area contributed by atoms with Crippen LogP contribution in [0.3, 0.4) is 0 Å². The van der Waals surface area contributed by atoms with Crippen molar-refractivity contribution in [3.63, 3.8) is 0 Å². The average Bonchev–Trinajstić information content (AvgIpc) is 1.30. The van der Waals surface area contributed by atoms with Gasteiger partial charge < -0.3 is 0 Å². The zero-order valence-corrected chi connectivity index (χ0v) is 4.53. The highest BCUT2D eigenvalue weighted by Crippen LogP contribution is 1.92. The van der Waals surface area contributed by atoms with Crippen LogP contribution in [0.15, 0.2) is 0 Å². The first-order valence-electron chi connectivity index (χ1n) is 1.08. The van der Waals surface area contributed by atoms with E-state index in [1.807, 2.05) is 0 Å². The summed E-state index contributed by atoms with van der Waals surface area (Å²) in [6.45, 7) is 0. The van der Waals surface area contributed by atoms with Crippen LogP contribution < -0.4 is 5.64 Å². The van der Waals surface area contributed by atoms with E-state index in [0.717, 1.165) is 5.64 Å². The molecule has 0 saturated heterocycles. The van der Waals surface area contributed by atoms with Gasteiger partial charge in [-0.05, 0) is 0 Å². The Hall–Kier alpha value is 0.120. The Morgan fingerprint density at radius 2 is 2.14 bits per heavy atom. The van der Waals surface area contributed by atoms with Gasteiger partial charge in [0, 0.05) is 0 Å². The fourth-order valence-corrected chi connectivity index (χ4v) is 0.218. The van der Waals surface area contributed by atoms with Crippen molar-refractivity contribution in [1.82, 2.24) is 5.64 Å². The smallest absolute Gasteiger partial charge is 0.291 e. The second-order valence-electron chi connectivity index (χ2n) is 0.568. The number of nitrogens with one attached hydrogen (secondary N) is 1. The molecule has 0 aliphatic carbocycles. The number of hydrogen-bond donors (Lipinski definition) is 2. The molecule has 0 aromatic heterocycles. The summed E-state index contributed by atoms with van der Waals surface area (Å²) in [5.41, 5.74) is 0.888. The normalized spacial score (nSPS) is 11.7. The van der Waals surface area contributed by atoms with Gasteiger partial charge in [0.05, 0.1) is 10.7 Å². The summed E-state index contributed by atoms with van der Waals surface area (Å²) < 4.78 is 22.4. The van der Waals surface area contributed by atoms with Gasteiger partial charge in [-0.3, -0.25) is 5.21 Å². The molecule has 0 rings (SSSR count). The van der Waals surface area contributed by atoms with Crippen molar-refractivity contribution in [1.29, 1.82) is 0 Å². The van der Waals surface area contributed by atoms with Gasteiger partial charge in [-0.1, -0.05) is 5.64 Å². The summed E-state index contributed by atoms with van der Waals surface area (Å²) in [5, 5.41) is 7.47. The molecule has 0 radical (unpaired) electrons. The number of hydrogen-bond acceptors (Lipinski definition) is 5. The lowest BCUT2D eigenvalue weighted by Gasteiger charge is -1.87. The maximum absolute atomic E-state index is 9.55. The monoisotopic (exact) mass is 147 g/mol. The molecule has 0 aliphatic heterocycles.